The summed E-state index contributed by atoms with van der Waals surface area (Å²) in [6.07, 6.45) is 14.6. The number of piperidine rings is 1. The van der Waals surface area contributed by atoms with E-state index in [1.165, 1.54) is 23.3 Å². The molecule has 214 valence electrons. The van der Waals surface area contributed by atoms with Gasteiger partial charge in [-0.2, -0.15) is 0 Å². The third-order valence-electron chi connectivity index (χ3n) is 8.69. The average molecular weight is 571 g/mol. The van der Waals surface area contributed by atoms with Gasteiger partial charge in [-0.15, -0.1) is 11.3 Å². The van der Waals surface area contributed by atoms with Crippen LogP contribution >= 0.6 is 11.3 Å². The van der Waals surface area contributed by atoms with E-state index in [-0.39, 0.29) is 11.9 Å². The van der Waals surface area contributed by atoms with Gasteiger partial charge >= 0.3 is 0 Å². The summed E-state index contributed by atoms with van der Waals surface area (Å²) < 4.78 is 2.06. The first kappa shape index (κ1) is 26.3. The summed E-state index contributed by atoms with van der Waals surface area (Å²) in [6.45, 7) is 5.93. The van der Waals surface area contributed by atoms with E-state index >= 15 is 0 Å². The summed E-state index contributed by atoms with van der Waals surface area (Å²) in [5, 5.41) is 6.87. The molecule has 1 amide bonds. The zero-order valence-electron chi connectivity index (χ0n) is 23.7. The summed E-state index contributed by atoms with van der Waals surface area (Å²) in [6, 6.07) is 8.61. The van der Waals surface area contributed by atoms with Gasteiger partial charge in [0.15, 0.2) is 5.65 Å². The second-order valence-corrected chi connectivity index (χ2v) is 12.7. The fourth-order valence-electron chi connectivity index (χ4n) is 6.32. The minimum Gasteiger partial charge on any atom is -0.368 e. The SMILES string of the molecule is CN1CCN(c2ccc(Nc3cc(N4CCC[C@H](NC(=O)c5cc6c(s5)CCCC6)C4)cn4ccnc34)nc2)CC1. The molecule has 41 heavy (non-hydrogen) atoms. The van der Waals surface area contributed by atoms with Gasteiger partial charge in [0.1, 0.15) is 5.82 Å². The molecule has 2 aliphatic heterocycles. The van der Waals surface area contributed by atoms with Crippen molar-refractivity contribution in [2.75, 3.05) is 61.4 Å². The fraction of sp³-hybridized carbons (Fsp3) is 0.452. The normalized spacial score (nSPS) is 19.8. The lowest BCUT2D eigenvalue weighted by molar-refractivity contribution is 0.0937. The standard InChI is InChI=1S/C31H38N8OS/c1-36-13-15-37(16-14-36)24-8-9-29(33-19-24)35-26-18-25(21-39-12-10-32-30(26)39)38-11-4-6-23(20-38)34-31(40)28-17-22-5-2-3-7-27(22)41-28/h8-10,12,17-19,21,23H,2-7,11,13-16,20H2,1H3,(H,33,35)(H,34,40)/t23-/m0/s1. The number of aryl methyl sites for hydroxylation is 2. The van der Waals surface area contributed by atoms with Crippen LogP contribution in [0, 0.1) is 0 Å². The molecule has 4 aromatic heterocycles. The maximum absolute atomic E-state index is 13.2. The number of rotatable bonds is 6. The Kier molecular flexibility index (Phi) is 7.26. The zero-order valence-corrected chi connectivity index (χ0v) is 24.5. The molecular formula is C31H38N8OS. The van der Waals surface area contributed by atoms with Crippen molar-refractivity contribution >= 4 is 45.8 Å². The van der Waals surface area contributed by atoms with E-state index in [0.717, 1.165) is 98.4 Å². The molecular weight excluding hydrogens is 532 g/mol. The number of imidazole rings is 1. The number of anilines is 4. The number of thiophene rings is 1. The molecule has 9 nitrogen and oxygen atoms in total. The first-order valence-corrected chi connectivity index (χ1v) is 15.7. The van der Waals surface area contributed by atoms with Gasteiger partial charge in [-0.1, -0.05) is 0 Å². The predicted octanol–water partition coefficient (Wildman–Crippen LogP) is 4.56. The molecule has 2 N–H and O–H groups in total. The molecule has 6 heterocycles. The van der Waals surface area contributed by atoms with Crippen molar-refractivity contribution in [1.29, 1.82) is 0 Å². The first-order valence-electron chi connectivity index (χ1n) is 14.9. The Morgan fingerprint density at radius 2 is 1.85 bits per heavy atom. The topological polar surface area (TPSA) is 81.0 Å². The Balaban J connectivity index is 1.05. The van der Waals surface area contributed by atoms with E-state index in [4.69, 9.17) is 4.98 Å². The highest BCUT2D eigenvalue weighted by Crippen LogP contribution is 2.31. The van der Waals surface area contributed by atoms with Crippen molar-refractivity contribution in [2.24, 2.45) is 0 Å². The number of nitrogens with zero attached hydrogens (tertiary/aromatic N) is 6. The Hall–Kier alpha value is -3.63. The minimum absolute atomic E-state index is 0.0785. The molecule has 7 rings (SSSR count). The van der Waals surface area contributed by atoms with Crippen molar-refractivity contribution in [3.8, 4) is 0 Å². The van der Waals surface area contributed by atoms with E-state index in [1.807, 2.05) is 18.6 Å². The molecule has 0 bridgehead atoms. The number of likely N-dealkylation sites (N-methyl/N-ethyl adjacent to an activating group) is 1. The average Bonchev–Trinajstić information content (AvgIpc) is 3.66. The highest BCUT2D eigenvalue weighted by atomic mass is 32.1. The number of hydrogen-bond acceptors (Lipinski definition) is 8. The van der Waals surface area contributed by atoms with E-state index in [0.29, 0.717) is 0 Å². The molecule has 2 fully saturated rings. The van der Waals surface area contributed by atoms with Gasteiger partial charge in [-0.05, 0) is 75.4 Å². The molecule has 0 saturated carbocycles. The summed E-state index contributed by atoms with van der Waals surface area (Å²) in [5.74, 6) is 0.877. The predicted molar refractivity (Wildman–Crippen MR) is 166 cm³/mol. The molecule has 2 saturated heterocycles. The Labute approximate surface area is 245 Å². The van der Waals surface area contributed by atoms with Crippen LogP contribution in [0.5, 0.6) is 0 Å². The van der Waals surface area contributed by atoms with Crippen molar-refractivity contribution in [3.05, 3.63) is 64.4 Å². The van der Waals surface area contributed by atoms with Crippen LogP contribution in [0.3, 0.4) is 0 Å². The number of aromatic nitrogens is 3. The van der Waals surface area contributed by atoms with Crippen molar-refractivity contribution in [2.45, 2.75) is 44.6 Å². The number of nitrogens with one attached hydrogen (secondary N) is 2. The van der Waals surface area contributed by atoms with Crippen molar-refractivity contribution < 1.29 is 4.79 Å². The highest BCUT2D eigenvalue weighted by molar-refractivity contribution is 7.14. The molecule has 10 heteroatoms. The molecule has 0 unspecified atom stereocenters. The second kappa shape index (κ2) is 11.3. The van der Waals surface area contributed by atoms with Crippen LogP contribution in [0.2, 0.25) is 0 Å². The summed E-state index contributed by atoms with van der Waals surface area (Å²) in [5.41, 5.74) is 5.43. The summed E-state index contributed by atoms with van der Waals surface area (Å²) in [4.78, 5) is 31.9. The lowest BCUT2D eigenvalue weighted by Gasteiger charge is -2.35. The third-order valence-corrected chi connectivity index (χ3v) is 9.93. The molecule has 1 atom stereocenters. The minimum atomic E-state index is 0.0785. The second-order valence-electron chi connectivity index (χ2n) is 11.6. The smallest absolute Gasteiger partial charge is 0.261 e. The number of hydrogen-bond donors (Lipinski definition) is 2. The van der Waals surface area contributed by atoms with Crippen LogP contribution in [0.1, 0.15) is 45.8 Å². The van der Waals surface area contributed by atoms with Gasteiger partial charge in [-0.25, -0.2) is 9.97 Å². The quantitative estimate of drug-likeness (QED) is 0.352. The van der Waals surface area contributed by atoms with Gasteiger partial charge in [0.25, 0.3) is 5.91 Å². The largest absolute Gasteiger partial charge is 0.368 e. The molecule has 0 spiro atoms. The maximum Gasteiger partial charge on any atom is 0.261 e. The van der Waals surface area contributed by atoms with Gasteiger partial charge in [0.2, 0.25) is 0 Å². The monoisotopic (exact) mass is 570 g/mol. The van der Waals surface area contributed by atoms with Crippen LogP contribution in [0.4, 0.5) is 22.9 Å². The Bertz CT molecular complexity index is 1500. The van der Waals surface area contributed by atoms with Gasteiger partial charge < -0.3 is 29.7 Å². The van der Waals surface area contributed by atoms with E-state index in [9.17, 15) is 4.79 Å². The van der Waals surface area contributed by atoms with Gasteiger partial charge in [-0.3, -0.25) is 4.79 Å². The van der Waals surface area contributed by atoms with E-state index in [1.54, 1.807) is 11.3 Å². The van der Waals surface area contributed by atoms with E-state index in [2.05, 4.69) is 72.2 Å². The molecule has 3 aliphatic rings. The Morgan fingerprint density at radius 3 is 2.68 bits per heavy atom. The number of amides is 1. The van der Waals surface area contributed by atoms with Crippen LogP contribution in [0.25, 0.3) is 5.65 Å². The van der Waals surface area contributed by atoms with E-state index < -0.39 is 0 Å². The maximum atomic E-state index is 13.2. The van der Waals surface area contributed by atoms with Crippen molar-refractivity contribution in [1.82, 2.24) is 24.6 Å². The lowest BCUT2D eigenvalue weighted by Crippen LogP contribution is -2.47. The number of fused-ring (bicyclic) bond motifs is 2. The number of pyridine rings is 2. The van der Waals surface area contributed by atoms with Crippen molar-refractivity contribution in [3.63, 3.8) is 0 Å². The molecule has 0 radical (unpaired) electrons. The number of piperazine rings is 1. The van der Waals surface area contributed by atoms with Gasteiger partial charge in [0, 0.05) is 68.8 Å². The zero-order chi connectivity index (χ0) is 27.8. The summed E-state index contributed by atoms with van der Waals surface area (Å²) >= 11 is 1.69. The van der Waals surface area contributed by atoms with Crippen LogP contribution in [0.15, 0.2) is 49.1 Å². The molecule has 0 aromatic carbocycles. The molecule has 1 aliphatic carbocycles. The summed E-state index contributed by atoms with van der Waals surface area (Å²) in [7, 11) is 2.17. The van der Waals surface area contributed by atoms with Gasteiger partial charge in [0.05, 0.1) is 28.1 Å². The number of carbonyl (C=O) groups excluding carboxylic acids is 1. The van der Waals surface area contributed by atoms with Crippen LogP contribution < -0.4 is 20.4 Å². The first-order chi connectivity index (χ1) is 20.1. The fourth-order valence-corrected chi connectivity index (χ4v) is 7.48. The third kappa shape index (κ3) is 5.63. The Morgan fingerprint density at radius 1 is 0.976 bits per heavy atom. The van der Waals surface area contributed by atoms with Crippen LogP contribution in [-0.2, 0) is 12.8 Å². The van der Waals surface area contributed by atoms with Crippen LogP contribution in [-0.4, -0.2) is 77.5 Å². The lowest BCUT2D eigenvalue weighted by atomic mass is 9.99. The number of carbonyl (C=O) groups is 1. The highest BCUT2D eigenvalue weighted by Gasteiger charge is 2.25. The molecule has 4 aromatic rings.